The van der Waals surface area contributed by atoms with E-state index in [2.05, 4.69) is 10.3 Å². The summed E-state index contributed by atoms with van der Waals surface area (Å²) in [5, 5.41) is 2.81. The van der Waals surface area contributed by atoms with Crippen LogP contribution in [-0.2, 0) is 10.0 Å². The fourth-order valence-electron chi connectivity index (χ4n) is 3.32. The first kappa shape index (κ1) is 22.2. The van der Waals surface area contributed by atoms with Crippen LogP contribution >= 0.6 is 23.4 Å². The molecule has 2 heterocycles. The molecule has 9 nitrogen and oxygen atoms in total. The third-order valence-electron chi connectivity index (χ3n) is 4.80. The zero-order chi connectivity index (χ0) is 23.0. The Hall–Kier alpha value is -3.02. The van der Waals surface area contributed by atoms with Gasteiger partial charge in [0.2, 0.25) is 10.0 Å². The van der Waals surface area contributed by atoms with E-state index in [0.29, 0.717) is 32.2 Å². The molecule has 1 aromatic heterocycles. The third-order valence-corrected chi connectivity index (χ3v) is 8.47. The normalized spacial score (nSPS) is 16.1. The van der Waals surface area contributed by atoms with Gasteiger partial charge in [0.05, 0.1) is 21.0 Å². The van der Waals surface area contributed by atoms with E-state index in [1.54, 1.807) is 37.3 Å². The molecular weight excluding hydrogens is 476 g/mol. The predicted octanol–water partition coefficient (Wildman–Crippen LogP) is 2.98. The quantitative estimate of drug-likeness (QED) is 0.513. The first-order chi connectivity index (χ1) is 15.2. The molecule has 1 atom stereocenters. The number of fused-ring (bicyclic) bond motifs is 1. The minimum atomic E-state index is -3.93. The lowest BCUT2D eigenvalue weighted by Gasteiger charge is -2.14. The molecule has 0 saturated carbocycles. The molecule has 0 bridgehead atoms. The van der Waals surface area contributed by atoms with Crippen LogP contribution in [0.4, 0.5) is 10.5 Å². The number of urea groups is 1. The highest BCUT2D eigenvalue weighted by atomic mass is 35.5. The second-order valence-electron chi connectivity index (χ2n) is 7.01. The average molecular weight is 493 g/mol. The second kappa shape index (κ2) is 8.49. The topological polar surface area (TPSA) is 130 Å². The van der Waals surface area contributed by atoms with Gasteiger partial charge in [-0.2, -0.15) is 0 Å². The van der Waals surface area contributed by atoms with Crippen molar-refractivity contribution in [3.63, 3.8) is 0 Å². The van der Waals surface area contributed by atoms with Crippen LogP contribution in [0.25, 0.3) is 16.6 Å². The van der Waals surface area contributed by atoms with Gasteiger partial charge < -0.3 is 10.3 Å². The number of anilines is 1. The van der Waals surface area contributed by atoms with E-state index in [1.165, 1.54) is 18.2 Å². The number of nitrogens with zero attached hydrogens (tertiary/aromatic N) is 1. The standard InChI is InChI=1S/C20H17ClN4O5S2/c1-11-10-12(22-19(27)24-32(29,30)17-9-8-16(21)31-17)6-7-15(11)25-18(26)13-4-2-3-5-14(13)23-20(25)28/h2-8,10,17H,9H2,1H3,(H,23,28)(H2,22,24,27). The van der Waals surface area contributed by atoms with Gasteiger partial charge in [-0.15, -0.1) is 0 Å². The maximum absolute atomic E-state index is 12.9. The van der Waals surface area contributed by atoms with Crippen molar-refractivity contribution >= 4 is 56.0 Å². The number of allylic oxidation sites excluding steroid dienone is 1. The third kappa shape index (κ3) is 4.31. The molecule has 1 aliphatic rings. The van der Waals surface area contributed by atoms with Crippen LogP contribution in [0.2, 0.25) is 0 Å². The average Bonchev–Trinajstić information content (AvgIpc) is 3.16. The van der Waals surface area contributed by atoms with Crippen LogP contribution in [0.1, 0.15) is 12.0 Å². The van der Waals surface area contributed by atoms with Gasteiger partial charge in [0, 0.05) is 5.69 Å². The maximum atomic E-state index is 12.9. The van der Waals surface area contributed by atoms with Gasteiger partial charge in [0.25, 0.3) is 5.56 Å². The number of benzene rings is 2. The van der Waals surface area contributed by atoms with Crippen molar-refractivity contribution in [3.05, 3.63) is 79.3 Å². The summed E-state index contributed by atoms with van der Waals surface area (Å²) in [5.41, 5.74) is 0.518. The minimum absolute atomic E-state index is 0.203. The van der Waals surface area contributed by atoms with Crippen molar-refractivity contribution in [3.8, 4) is 5.69 Å². The summed E-state index contributed by atoms with van der Waals surface area (Å²) in [6.45, 7) is 1.67. The van der Waals surface area contributed by atoms with Crippen molar-refractivity contribution in [1.29, 1.82) is 0 Å². The van der Waals surface area contributed by atoms with E-state index in [0.717, 1.165) is 16.3 Å². The van der Waals surface area contributed by atoms with Gasteiger partial charge in [0.15, 0.2) is 0 Å². The lowest BCUT2D eigenvalue weighted by Crippen LogP contribution is -2.39. The van der Waals surface area contributed by atoms with Crippen LogP contribution < -0.4 is 21.3 Å². The summed E-state index contributed by atoms with van der Waals surface area (Å²) >= 11 is 6.76. The number of amides is 2. The Morgan fingerprint density at radius 3 is 2.66 bits per heavy atom. The summed E-state index contributed by atoms with van der Waals surface area (Å²) < 4.78 is 27.1. The molecule has 0 radical (unpaired) electrons. The first-order valence-corrected chi connectivity index (χ1v) is 12.2. The van der Waals surface area contributed by atoms with Gasteiger partial charge >= 0.3 is 11.7 Å². The molecule has 32 heavy (non-hydrogen) atoms. The molecule has 4 rings (SSSR count). The minimum Gasteiger partial charge on any atom is -0.307 e. The van der Waals surface area contributed by atoms with E-state index < -0.39 is 31.9 Å². The number of para-hydroxylation sites is 1. The molecule has 0 fully saturated rings. The van der Waals surface area contributed by atoms with Crippen LogP contribution in [0.5, 0.6) is 0 Å². The largest absolute Gasteiger partial charge is 0.333 e. The van der Waals surface area contributed by atoms with Crippen molar-refractivity contribution in [2.75, 3.05) is 5.32 Å². The van der Waals surface area contributed by atoms with Crippen molar-refractivity contribution < 1.29 is 13.2 Å². The smallest absolute Gasteiger partial charge is 0.307 e. The molecule has 3 aromatic rings. The molecule has 1 unspecified atom stereocenters. The summed E-state index contributed by atoms with van der Waals surface area (Å²) in [5.74, 6) is 0. The number of sulfonamides is 1. The zero-order valence-electron chi connectivity index (χ0n) is 16.6. The molecule has 0 aliphatic carbocycles. The number of thioether (sulfide) groups is 1. The Bertz CT molecular complexity index is 1490. The number of aryl methyl sites for hydroxylation is 1. The lowest BCUT2D eigenvalue weighted by molar-refractivity contribution is 0.256. The highest BCUT2D eigenvalue weighted by Gasteiger charge is 2.31. The fourth-order valence-corrected chi connectivity index (χ4v) is 6.28. The van der Waals surface area contributed by atoms with E-state index in [9.17, 15) is 22.8 Å². The van der Waals surface area contributed by atoms with Crippen molar-refractivity contribution in [1.82, 2.24) is 14.3 Å². The Labute approximate surface area is 191 Å². The molecule has 166 valence electrons. The van der Waals surface area contributed by atoms with Crippen LogP contribution in [0.15, 0.2) is 62.5 Å². The zero-order valence-corrected chi connectivity index (χ0v) is 19.0. The lowest BCUT2D eigenvalue weighted by atomic mass is 10.1. The second-order valence-corrected chi connectivity index (χ2v) is 11.0. The number of carbonyl (C=O) groups is 1. The van der Waals surface area contributed by atoms with Gasteiger partial charge in [0.1, 0.15) is 4.58 Å². The molecule has 3 N–H and O–H groups in total. The van der Waals surface area contributed by atoms with E-state index in [4.69, 9.17) is 11.6 Å². The summed E-state index contributed by atoms with van der Waals surface area (Å²) in [7, 11) is -3.93. The summed E-state index contributed by atoms with van der Waals surface area (Å²) in [4.78, 5) is 40.3. The number of hydrogen-bond donors (Lipinski definition) is 3. The summed E-state index contributed by atoms with van der Waals surface area (Å²) in [6.07, 6.45) is 1.78. The maximum Gasteiger partial charge on any atom is 0.333 e. The number of aromatic nitrogens is 2. The summed E-state index contributed by atoms with van der Waals surface area (Å²) in [6, 6.07) is 10.3. The SMILES string of the molecule is Cc1cc(NC(=O)NS(=O)(=O)C2CC=C(Cl)S2)ccc1-n1c(=O)[nH]c2ccccc2c1=O. The van der Waals surface area contributed by atoms with E-state index in [1.807, 2.05) is 4.72 Å². The van der Waals surface area contributed by atoms with Gasteiger partial charge in [-0.1, -0.05) is 41.6 Å². The van der Waals surface area contributed by atoms with Crippen LogP contribution in [0.3, 0.4) is 0 Å². The Balaban J connectivity index is 1.57. The number of aromatic amines is 1. The van der Waals surface area contributed by atoms with E-state index in [-0.39, 0.29) is 6.42 Å². The molecule has 2 aromatic carbocycles. The first-order valence-electron chi connectivity index (χ1n) is 9.36. The number of H-pyrrole nitrogens is 1. The van der Waals surface area contributed by atoms with Gasteiger partial charge in [-0.25, -0.2) is 27.3 Å². The number of hydrogen-bond acceptors (Lipinski definition) is 6. The molecule has 2 amide bonds. The molecule has 0 saturated heterocycles. The van der Waals surface area contributed by atoms with Crippen molar-refractivity contribution in [2.24, 2.45) is 0 Å². The molecule has 0 spiro atoms. The number of carbonyl (C=O) groups excluding carboxylic acids is 1. The van der Waals surface area contributed by atoms with Crippen LogP contribution in [0, 0.1) is 6.92 Å². The highest BCUT2D eigenvalue weighted by molar-refractivity contribution is 8.16. The number of rotatable bonds is 4. The van der Waals surface area contributed by atoms with Gasteiger partial charge in [-0.05, 0) is 49.2 Å². The Morgan fingerprint density at radius 1 is 1.22 bits per heavy atom. The Morgan fingerprint density at radius 2 is 1.97 bits per heavy atom. The predicted molar refractivity (Wildman–Crippen MR) is 126 cm³/mol. The molecule has 12 heteroatoms. The van der Waals surface area contributed by atoms with Crippen molar-refractivity contribution in [2.45, 2.75) is 17.9 Å². The van der Waals surface area contributed by atoms with Gasteiger partial charge in [-0.3, -0.25) is 4.79 Å². The number of nitrogens with one attached hydrogen (secondary N) is 3. The molecule has 1 aliphatic heterocycles. The Kier molecular flexibility index (Phi) is 5.89. The molecular formula is C20H17ClN4O5S2. The fraction of sp³-hybridized carbons (Fsp3) is 0.150. The van der Waals surface area contributed by atoms with Crippen LogP contribution in [-0.4, -0.2) is 28.6 Å². The highest BCUT2D eigenvalue weighted by Crippen LogP contribution is 2.37. The monoisotopic (exact) mass is 492 g/mol. The van der Waals surface area contributed by atoms with E-state index >= 15 is 0 Å². The number of halogens is 1.